The SMILES string of the molecule is CCCc1nnnn1C(CC)CC(=O)O. The van der Waals surface area contributed by atoms with Crippen LogP contribution in [-0.4, -0.2) is 31.3 Å². The lowest BCUT2D eigenvalue weighted by atomic mass is 10.1. The van der Waals surface area contributed by atoms with Crippen LogP contribution in [0.2, 0.25) is 0 Å². The van der Waals surface area contributed by atoms with E-state index in [9.17, 15) is 4.79 Å². The second-order valence-electron chi connectivity index (χ2n) is 3.45. The van der Waals surface area contributed by atoms with E-state index in [1.165, 1.54) is 0 Å². The Kier molecular flexibility index (Phi) is 4.20. The van der Waals surface area contributed by atoms with Gasteiger partial charge in [-0.1, -0.05) is 13.8 Å². The Bertz CT molecular complexity index is 324. The van der Waals surface area contributed by atoms with Crippen molar-refractivity contribution < 1.29 is 9.90 Å². The van der Waals surface area contributed by atoms with E-state index >= 15 is 0 Å². The predicted octanol–water partition coefficient (Wildman–Crippen LogP) is 1.05. The topological polar surface area (TPSA) is 80.9 Å². The van der Waals surface area contributed by atoms with Gasteiger partial charge in [-0.2, -0.15) is 0 Å². The summed E-state index contributed by atoms with van der Waals surface area (Å²) in [7, 11) is 0. The summed E-state index contributed by atoms with van der Waals surface area (Å²) in [6.07, 6.45) is 2.51. The minimum Gasteiger partial charge on any atom is -0.481 e. The third kappa shape index (κ3) is 3.00. The molecular weight excluding hydrogens is 196 g/mol. The van der Waals surface area contributed by atoms with E-state index in [-0.39, 0.29) is 12.5 Å². The number of aryl methyl sites for hydroxylation is 1. The minimum absolute atomic E-state index is 0.0677. The fourth-order valence-electron chi connectivity index (χ4n) is 1.49. The van der Waals surface area contributed by atoms with E-state index < -0.39 is 5.97 Å². The lowest BCUT2D eigenvalue weighted by molar-refractivity contribution is -0.138. The third-order valence-corrected chi connectivity index (χ3v) is 2.26. The van der Waals surface area contributed by atoms with Gasteiger partial charge >= 0.3 is 5.97 Å². The van der Waals surface area contributed by atoms with E-state index in [0.29, 0.717) is 6.42 Å². The first-order valence-electron chi connectivity index (χ1n) is 5.17. The van der Waals surface area contributed by atoms with Gasteiger partial charge in [0.25, 0.3) is 0 Å². The quantitative estimate of drug-likeness (QED) is 0.762. The molecule has 1 aromatic rings. The van der Waals surface area contributed by atoms with Crippen molar-refractivity contribution in [1.82, 2.24) is 20.2 Å². The molecule has 1 atom stereocenters. The summed E-state index contributed by atoms with van der Waals surface area (Å²) in [4.78, 5) is 10.7. The largest absolute Gasteiger partial charge is 0.481 e. The molecule has 0 aromatic carbocycles. The molecule has 0 aliphatic carbocycles. The fourth-order valence-corrected chi connectivity index (χ4v) is 1.49. The Balaban J connectivity index is 2.80. The van der Waals surface area contributed by atoms with Crippen LogP contribution in [-0.2, 0) is 11.2 Å². The number of hydrogen-bond donors (Lipinski definition) is 1. The normalized spacial score (nSPS) is 12.7. The summed E-state index contributed by atoms with van der Waals surface area (Å²) in [6, 6.07) is -0.140. The number of carboxylic acid groups (broad SMARTS) is 1. The first-order valence-corrected chi connectivity index (χ1v) is 5.17. The highest BCUT2D eigenvalue weighted by molar-refractivity contribution is 5.67. The molecular formula is C9H16N4O2. The molecule has 0 bridgehead atoms. The van der Waals surface area contributed by atoms with E-state index in [2.05, 4.69) is 15.5 Å². The summed E-state index contributed by atoms with van der Waals surface area (Å²) in [5.41, 5.74) is 0. The number of rotatable bonds is 6. The van der Waals surface area contributed by atoms with Crippen LogP contribution < -0.4 is 0 Å². The molecule has 0 aliphatic rings. The minimum atomic E-state index is -0.820. The van der Waals surface area contributed by atoms with Crippen LogP contribution in [0.1, 0.15) is 45.0 Å². The molecule has 0 fully saturated rings. The molecule has 0 spiro atoms. The zero-order chi connectivity index (χ0) is 11.3. The molecule has 84 valence electrons. The summed E-state index contributed by atoms with van der Waals surface area (Å²) in [5.74, 6) is -0.0506. The molecule has 0 saturated carbocycles. The smallest absolute Gasteiger partial charge is 0.305 e. The van der Waals surface area contributed by atoms with Crippen LogP contribution in [0.5, 0.6) is 0 Å². The first-order chi connectivity index (χ1) is 7.19. The van der Waals surface area contributed by atoms with Crippen molar-refractivity contribution in [3.8, 4) is 0 Å². The van der Waals surface area contributed by atoms with Gasteiger partial charge in [-0.25, -0.2) is 4.68 Å². The monoisotopic (exact) mass is 212 g/mol. The number of carbonyl (C=O) groups is 1. The molecule has 1 heterocycles. The van der Waals surface area contributed by atoms with Crippen LogP contribution in [0.4, 0.5) is 0 Å². The number of carboxylic acids is 1. The average Bonchev–Trinajstić information content (AvgIpc) is 2.63. The van der Waals surface area contributed by atoms with E-state index in [1.807, 2.05) is 13.8 Å². The summed E-state index contributed by atoms with van der Waals surface area (Å²) in [6.45, 7) is 3.97. The maximum atomic E-state index is 10.7. The zero-order valence-electron chi connectivity index (χ0n) is 9.05. The Hall–Kier alpha value is -1.46. The van der Waals surface area contributed by atoms with Crippen molar-refractivity contribution in [2.75, 3.05) is 0 Å². The lowest BCUT2D eigenvalue weighted by Gasteiger charge is -2.13. The highest BCUT2D eigenvalue weighted by Crippen LogP contribution is 2.16. The number of tetrazole rings is 1. The second kappa shape index (κ2) is 5.43. The molecule has 0 radical (unpaired) electrons. The van der Waals surface area contributed by atoms with Gasteiger partial charge in [0, 0.05) is 6.42 Å². The highest BCUT2D eigenvalue weighted by Gasteiger charge is 2.17. The Morgan fingerprint density at radius 1 is 1.53 bits per heavy atom. The van der Waals surface area contributed by atoms with Crippen molar-refractivity contribution in [2.45, 2.75) is 45.6 Å². The molecule has 0 saturated heterocycles. The number of aromatic nitrogens is 4. The van der Waals surface area contributed by atoms with E-state index in [0.717, 1.165) is 18.7 Å². The van der Waals surface area contributed by atoms with Crippen molar-refractivity contribution in [1.29, 1.82) is 0 Å². The van der Waals surface area contributed by atoms with Gasteiger partial charge in [-0.05, 0) is 23.3 Å². The summed E-state index contributed by atoms with van der Waals surface area (Å²) >= 11 is 0. The highest BCUT2D eigenvalue weighted by atomic mass is 16.4. The molecule has 1 N–H and O–H groups in total. The average molecular weight is 212 g/mol. The van der Waals surface area contributed by atoms with Crippen LogP contribution in [0.25, 0.3) is 0 Å². The molecule has 6 nitrogen and oxygen atoms in total. The van der Waals surface area contributed by atoms with Gasteiger partial charge in [-0.15, -0.1) is 5.10 Å². The summed E-state index contributed by atoms with van der Waals surface area (Å²) < 4.78 is 1.64. The Labute approximate surface area is 88.3 Å². The Morgan fingerprint density at radius 3 is 2.80 bits per heavy atom. The number of nitrogens with zero attached hydrogens (tertiary/aromatic N) is 4. The second-order valence-corrected chi connectivity index (χ2v) is 3.45. The van der Waals surface area contributed by atoms with Gasteiger partial charge in [0.05, 0.1) is 12.5 Å². The van der Waals surface area contributed by atoms with Gasteiger partial charge in [0.2, 0.25) is 0 Å². The number of hydrogen-bond acceptors (Lipinski definition) is 4. The fraction of sp³-hybridized carbons (Fsp3) is 0.778. The predicted molar refractivity (Wildman–Crippen MR) is 53.4 cm³/mol. The van der Waals surface area contributed by atoms with Crippen LogP contribution >= 0.6 is 0 Å². The first kappa shape index (κ1) is 11.6. The van der Waals surface area contributed by atoms with Crippen LogP contribution in [0, 0.1) is 0 Å². The van der Waals surface area contributed by atoms with Crippen LogP contribution in [0.3, 0.4) is 0 Å². The molecule has 0 aliphatic heterocycles. The molecule has 1 rings (SSSR count). The zero-order valence-corrected chi connectivity index (χ0v) is 9.05. The van der Waals surface area contributed by atoms with E-state index in [4.69, 9.17) is 5.11 Å². The maximum absolute atomic E-state index is 10.7. The number of aliphatic carboxylic acids is 1. The molecule has 15 heavy (non-hydrogen) atoms. The Morgan fingerprint density at radius 2 is 2.27 bits per heavy atom. The molecule has 0 amide bonds. The third-order valence-electron chi connectivity index (χ3n) is 2.26. The van der Waals surface area contributed by atoms with Gasteiger partial charge in [0.15, 0.2) is 5.82 Å². The molecule has 1 unspecified atom stereocenters. The molecule has 6 heteroatoms. The molecule has 1 aromatic heterocycles. The summed E-state index contributed by atoms with van der Waals surface area (Å²) in [5, 5.41) is 20.1. The standard InChI is InChI=1S/C9H16N4O2/c1-3-5-8-10-11-12-13(8)7(4-2)6-9(14)15/h7H,3-6H2,1-2H3,(H,14,15). The van der Waals surface area contributed by atoms with Gasteiger partial charge in [-0.3, -0.25) is 4.79 Å². The van der Waals surface area contributed by atoms with Crippen molar-refractivity contribution >= 4 is 5.97 Å². The maximum Gasteiger partial charge on any atom is 0.305 e. The van der Waals surface area contributed by atoms with Crippen molar-refractivity contribution in [2.24, 2.45) is 0 Å². The van der Waals surface area contributed by atoms with Crippen LogP contribution in [0.15, 0.2) is 0 Å². The van der Waals surface area contributed by atoms with Crippen molar-refractivity contribution in [3.63, 3.8) is 0 Å². The van der Waals surface area contributed by atoms with E-state index in [1.54, 1.807) is 4.68 Å². The van der Waals surface area contributed by atoms with Gasteiger partial charge in [0.1, 0.15) is 0 Å². The van der Waals surface area contributed by atoms with Crippen molar-refractivity contribution in [3.05, 3.63) is 5.82 Å². The lowest BCUT2D eigenvalue weighted by Crippen LogP contribution is -2.17. The van der Waals surface area contributed by atoms with Gasteiger partial charge < -0.3 is 5.11 Å².